The second kappa shape index (κ2) is 6.81. The second-order valence-corrected chi connectivity index (χ2v) is 6.20. The summed E-state index contributed by atoms with van der Waals surface area (Å²) < 4.78 is 13.6. The van der Waals surface area contributed by atoms with Crippen molar-refractivity contribution < 1.29 is 4.39 Å². The van der Waals surface area contributed by atoms with Crippen LogP contribution in [0.15, 0.2) is 41.8 Å². The molecular weight excluding hydrogens is 291 g/mol. The van der Waals surface area contributed by atoms with Gasteiger partial charge in [0, 0.05) is 4.88 Å². The highest BCUT2D eigenvalue weighted by Gasteiger charge is 2.18. The summed E-state index contributed by atoms with van der Waals surface area (Å²) in [5.74, 6) is 0.0721. The molecular formula is C15H17FN2S2. The largest absolute Gasteiger partial charge is 0.355 e. The van der Waals surface area contributed by atoms with Crippen molar-refractivity contribution in [1.82, 2.24) is 5.32 Å². The van der Waals surface area contributed by atoms with E-state index < -0.39 is 0 Å². The Bertz CT molecular complexity index is 567. The summed E-state index contributed by atoms with van der Waals surface area (Å²) in [6.07, 6.45) is 0. The molecule has 1 heterocycles. The Morgan fingerprint density at radius 3 is 2.55 bits per heavy atom. The van der Waals surface area contributed by atoms with Crippen LogP contribution in [0.4, 0.5) is 10.1 Å². The van der Waals surface area contributed by atoms with E-state index in [1.807, 2.05) is 11.4 Å². The van der Waals surface area contributed by atoms with E-state index in [9.17, 15) is 4.39 Å². The van der Waals surface area contributed by atoms with E-state index in [4.69, 9.17) is 12.2 Å². The van der Waals surface area contributed by atoms with Gasteiger partial charge in [0.1, 0.15) is 5.82 Å². The lowest BCUT2D eigenvalue weighted by Gasteiger charge is -2.23. The van der Waals surface area contributed by atoms with Gasteiger partial charge in [0.15, 0.2) is 5.11 Å². The normalized spacial score (nSPS) is 12.2. The molecule has 2 N–H and O–H groups in total. The molecule has 0 spiro atoms. The van der Waals surface area contributed by atoms with Crippen molar-refractivity contribution in [2.45, 2.75) is 19.9 Å². The predicted molar refractivity (Wildman–Crippen MR) is 87.7 cm³/mol. The molecule has 0 unspecified atom stereocenters. The molecule has 2 aromatic rings. The van der Waals surface area contributed by atoms with Gasteiger partial charge in [0.05, 0.1) is 11.7 Å². The van der Waals surface area contributed by atoms with Crippen LogP contribution in [0.1, 0.15) is 24.8 Å². The Morgan fingerprint density at radius 2 is 1.95 bits per heavy atom. The summed E-state index contributed by atoms with van der Waals surface area (Å²) in [5, 5.41) is 8.64. The predicted octanol–water partition coefficient (Wildman–Crippen LogP) is 4.57. The van der Waals surface area contributed by atoms with E-state index in [0.29, 0.717) is 16.7 Å². The van der Waals surface area contributed by atoms with E-state index >= 15 is 0 Å². The molecule has 1 atom stereocenters. The molecule has 0 bridgehead atoms. The highest BCUT2D eigenvalue weighted by atomic mass is 32.1. The van der Waals surface area contributed by atoms with Gasteiger partial charge in [-0.3, -0.25) is 0 Å². The molecule has 0 aliphatic heterocycles. The van der Waals surface area contributed by atoms with E-state index in [1.165, 1.54) is 10.9 Å². The number of halogens is 1. The van der Waals surface area contributed by atoms with Gasteiger partial charge >= 0.3 is 0 Å². The summed E-state index contributed by atoms with van der Waals surface area (Å²) in [5.41, 5.74) is 0.388. The van der Waals surface area contributed by atoms with Crippen molar-refractivity contribution in [3.8, 4) is 0 Å². The first-order chi connectivity index (χ1) is 9.58. The van der Waals surface area contributed by atoms with Crippen molar-refractivity contribution in [2.24, 2.45) is 5.92 Å². The fraction of sp³-hybridized carbons (Fsp3) is 0.267. The minimum atomic E-state index is -0.311. The third-order valence-corrected chi connectivity index (χ3v) is 4.10. The summed E-state index contributed by atoms with van der Waals surface area (Å²) in [6.45, 7) is 4.26. The van der Waals surface area contributed by atoms with Crippen LogP contribution < -0.4 is 10.6 Å². The number of thiophene rings is 1. The first-order valence-electron chi connectivity index (χ1n) is 6.43. The minimum absolute atomic E-state index is 0.127. The summed E-state index contributed by atoms with van der Waals surface area (Å²) >= 11 is 6.97. The van der Waals surface area contributed by atoms with Gasteiger partial charge in [-0.15, -0.1) is 11.3 Å². The molecule has 0 radical (unpaired) electrons. The van der Waals surface area contributed by atoms with Gasteiger partial charge in [-0.1, -0.05) is 32.0 Å². The summed E-state index contributed by atoms with van der Waals surface area (Å²) in [7, 11) is 0. The molecule has 0 aliphatic carbocycles. The third-order valence-electron chi connectivity index (χ3n) is 2.93. The number of para-hydroxylation sites is 1. The highest BCUT2D eigenvalue weighted by molar-refractivity contribution is 7.80. The lowest BCUT2D eigenvalue weighted by molar-refractivity contribution is 0.480. The van der Waals surface area contributed by atoms with E-state index in [-0.39, 0.29) is 11.9 Å². The molecule has 2 nitrogen and oxygen atoms in total. The Morgan fingerprint density at radius 1 is 1.20 bits per heavy atom. The molecule has 0 saturated heterocycles. The van der Waals surface area contributed by atoms with Crippen molar-refractivity contribution in [2.75, 3.05) is 5.32 Å². The molecule has 0 aliphatic rings. The zero-order valence-corrected chi connectivity index (χ0v) is 13.0. The first kappa shape index (κ1) is 14.9. The Hall–Kier alpha value is -1.46. The van der Waals surface area contributed by atoms with Gasteiger partial charge < -0.3 is 10.6 Å². The van der Waals surface area contributed by atoms with Crippen LogP contribution in [-0.2, 0) is 0 Å². The maximum absolute atomic E-state index is 13.6. The fourth-order valence-corrected chi connectivity index (χ4v) is 3.08. The van der Waals surface area contributed by atoms with Crippen molar-refractivity contribution >= 4 is 34.4 Å². The van der Waals surface area contributed by atoms with Crippen LogP contribution in [0.2, 0.25) is 0 Å². The maximum Gasteiger partial charge on any atom is 0.171 e. The van der Waals surface area contributed by atoms with Crippen LogP contribution >= 0.6 is 23.6 Å². The number of rotatable bonds is 4. The van der Waals surface area contributed by atoms with Gasteiger partial charge in [-0.25, -0.2) is 4.39 Å². The smallest absolute Gasteiger partial charge is 0.171 e. The Kier molecular flexibility index (Phi) is 5.09. The number of nitrogens with one attached hydrogen (secondary N) is 2. The van der Waals surface area contributed by atoms with Gasteiger partial charge in [0.2, 0.25) is 0 Å². The molecule has 20 heavy (non-hydrogen) atoms. The Labute approximate surface area is 128 Å². The quantitative estimate of drug-likeness (QED) is 0.809. The third kappa shape index (κ3) is 3.77. The summed E-state index contributed by atoms with van der Waals surface area (Å²) in [4.78, 5) is 1.22. The average Bonchev–Trinajstić information content (AvgIpc) is 2.92. The number of hydrogen-bond acceptors (Lipinski definition) is 2. The van der Waals surface area contributed by atoms with E-state index in [1.54, 1.807) is 29.5 Å². The number of benzene rings is 1. The average molecular weight is 308 g/mol. The van der Waals surface area contributed by atoms with Crippen LogP contribution in [0.25, 0.3) is 0 Å². The molecule has 1 aromatic carbocycles. The minimum Gasteiger partial charge on any atom is -0.355 e. The lowest BCUT2D eigenvalue weighted by atomic mass is 10.0. The standard InChI is InChI=1S/C15H17FN2S2/c1-10(2)14(13-8-5-9-20-13)18-15(19)17-12-7-4-3-6-11(12)16/h3-10,14H,1-2H3,(H2,17,18,19)/t14-/m0/s1. The van der Waals surface area contributed by atoms with Crippen molar-refractivity contribution in [3.63, 3.8) is 0 Å². The molecule has 5 heteroatoms. The highest BCUT2D eigenvalue weighted by Crippen LogP contribution is 2.26. The van der Waals surface area contributed by atoms with E-state index in [2.05, 4.69) is 30.5 Å². The molecule has 0 amide bonds. The Balaban J connectivity index is 2.05. The monoisotopic (exact) mass is 308 g/mol. The van der Waals surface area contributed by atoms with E-state index in [0.717, 1.165) is 0 Å². The number of thiocarbonyl (C=S) groups is 1. The molecule has 106 valence electrons. The molecule has 0 saturated carbocycles. The first-order valence-corrected chi connectivity index (χ1v) is 7.72. The van der Waals surface area contributed by atoms with Crippen LogP contribution in [0, 0.1) is 11.7 Å². The number of hydrogen-bond donors (Lipinski definition) is 2. The second-order valence-electron chi connectivity index (χ2n) is 4.82. The van der Waals surface area contributed by atoms with Crippen molar-refractivity contribution in [3.05, 3.63) is 52.5 Å². The molecule has 1 aromatic heterocycles. The fourth-order valence-electron chi connectivity index (χ4n) is 1.90. The number of anilines is 1. The maximum atomic E-state index is 13.6. The summed E-state index contributed by atoms with van der Waals surface area (Å²) in [6, 6.07) is 10.7. The van der Waals surface area contributed by atoms with Gasteiger partial charge in [-0.2, -0.15) is 0 Å². The van der Waals surface area contributed by atoms with Crippen LogP contribution in [0.3, 0.4) is 0 Å². The van der Waals surface area contributed by atoms with Crippen molar-refractivity contribution in [1.29, 1.82) is 0 Å². The zero-order valence-electron chi connectivity index (χ0n) is 11.4. The molecule has 0 fully saturated rings. The zero-order chi connectivity index (χ0) is 14.5. The van der Waals surface area contributed by atoms with Gasteiger partial charge in [-0.05, 0) is 41.7 Å². The molecule has 2 rings (SSSR count). The lowest BCUT2D eigenvalue weighted by Crippen LogP contribution is -2.34. The van der Waals surface area contributed by atoms with Crippen LogP contribution in [-0.4, -0.2) is 5.11 Å². The van der Waals surface area contributed by atoms with Gasteiger partial charge in [0.25, 0.3) is 0 Å². The van der Waals surface area contributed by atoms with Crippen LogP contribution in [0.5, 0.6) is 0 Å². The SMILES string of the molecule is CC(C)[C@H](NC(=S)Nc1ccccc1F)c1cccs1. The topological polar surface area (TPSA) is 24.1 Å².